The highest BCUT2D eigenvalue weighted by Gasteiger charge is 2.37. The van der Waals surface area contributed by atoms with E-state index in [1.54, 1.807) is 0 Å². The Balaban J connectivity index is 2.45. The Morgan fingerprint density at radius 3 is 2.80 bits per heavy atom. The fourth-order valence-corrected chi connectivity index (χ4v) is 2.11. The summed E-state index contributed by atoms with van der Waals surface area (Å²) in [5.41, 5.74) is 0. The van der Waals surface area contributed by atoms with Gasteiger partial charge in [0.2, 0.25) is 0 Å². The molecule has 1 aliphatic heterocycles. The second kappa shape index (κ2) is 6.15. The first kappa shape index (κ1) is 12.5. The Morgan fingerprint density at radius 2 is 2.27 bits per heavy atom. The van der Waals surface area contributed by atoms with Gasteiger partial charge in [0.05, 0.1) is 12.5 Å². The highest BCUT2D eigenvalue weighted by Crippen LogP contribution is 2.32. The average Bonchev–Trinajstić information content (AvgIpc) is 2.25. The number of hydrogen-bond acceptors (Lipinski definition) is 2. The first-order valence-corrected chi connectivity index (χ1v) is 6.05. The molecule has 2 unspecified atom stereocenters. The lowest BCUT2D eigenvalue weighted by Gasteiger charge is -2.36. The van der Waals surface area contributed by atoms with Crippen LogP contribution in [-0.2, 0) is 4.74 Å². The van der Waals surface area contributed by atoms with Crippen LogP contribution in [-0.4, -0.2) is 17.5 Å². The first-order chi connectivity index (χ1) is 7.23. The van der Waals surface area contributed by atoms with Gasteiger partial charge in [0.25, 0.3) is 0 Å². The minimum Gasteiger partial charge on any atom is -0.364 e. The van der Waals surface area contributed by atoms with Gasteiger partial charge in [0.15, 0.2) is 5.79 Å². The highest BCUT2D eigenvalue weighted by atomic mass is 16.6. The molecule has 1 heterocycles. The molecule has 1 fully saturated rings. The second-order valence-corrected chi connectivity index (χ2v) is 4.37. The number of hydrogen-bond donors (Lipinski definition) is 1. The van der Waals surface area contributed by atoms with Gasteiger partial charge in [-0.3, -0.25) is 0 Å². The van der Waals surface area contributed by atoms with Gasteiger partial charge in [-0.05, 0) is 19.3 Å². The highest BCUT2D eigenvalue weighted by molar-refractivity contribution is 5.01. The minimum absolute atomic E-state index is 0.135. The first-order valence-electron chi connectivity index (χ1n) is 6.05. The van der Waals surface area contributed by atoms with E-state index >= 15 is 0 Å². The van der Waals surface area contributed by atoms with Crippen LogP contribution in [0, 0.1) is 18.3 Å². The fraction of sp³-hybridized carbons (Fsp3) is 0.846. The molecular formula is C13H22O2. The van der Waals surface area contributed by atoms with Crippen molar-refractivity contribution >= 4 is 0 Å². The van der Waals surface area contributed by atoms with Crippen LogP contribution in [0.5, 0.6) is 0 Å². The third-order valence-electron chi connectivity index (χ3n) is 3.12. The smallest absolute Gasteiger partial charge is 0.179 e. The Morgan fingerprint density at radius 1 is 1.47 bits per heavy atom. The van der Waals surface area contributed by atoms with E-state index in [0.29, 0.717) is 13.0 Å². The Kier molecular flexibility index (Phi) is 5.14. The van der Waals surface area contributed by atoms with Gasteiger partial charge in [-0.15, -0.1) is 6.42 Å². The summed E-state index contributed by atoms with van der Waals surface area (Å²) in [7, 11) is 0. The zero-order chi connectivity index (χ0) is 11.1. The molecule has 2 nitrogen and oxygen atoms in total. The largest absolute Gasteiger partial charge is 0.364 e. The van der Waals surface area contributed by atoms with E-state index < -0.39 is 5.79 Å². The van der Waals surface area contributed by atoms with Gasteiger partial charge < -0.3 is 9.84 Å². The van der Waals surface area contributed by atoms with Gasteiger partial charge in [0, 0.05) is 6.42 Å². The summed E-state index contributed by atoms with van der Waals surface area (Å²) in [5, 5.41) is 10.3. The molecule has 0 aromatic rings. The van der Waals surface area contributed by atoms with E-state index in [0.717, 1.165) is 25.7 Å². The molecule has 0 aliphatic carbocycles. The van der Waals surface area contributed by atoms with E-state index in [1.165, 1.54) is 12.8 Å². The molecule has 0 radical (unpaired) electrons. The van der Waals surface area contributed by atoms with Crippen molar-refractivity contribution in [1.82, 2.24) is 0 Å². The van der Waals surface area contributed by atoms with Crippen LogP contribution in [0.3, 0.4) is 0 Å². The number of unbranched alkanes of at least 4 members (excludes halogenated alkanes) is 2. The van der Waals surface area contributed by atoms with Crippen molar-refractivity contribution in [2.45, 2.75) is 57.7 Å². The number of ether oxygens (including phenoxy) is 1. The quantitative estimate of drug-likeness (QED) is 0.558. The van der Waals surface area contributed by atoms with Gasteiger partial charge >= 0.3 is 0 Å². The molecule has 0 saturated carbocycles. The minimum atomic E-state index is -1.04. The number of terminal acetylenes is 1. The molecule has 15 heavy (non-hydrogen) atoms. The standard InChI is InChI=1S/C13H22O2/c1-3-5-6-9-12(4-2)13(14)10-7-8-11-15-13/h2,12,14H,3,5-11H2,1H3. The lowest BCUT2D eigenvalue weighted by atomic mass is 9.88. The molecule has 2 atom stereocenters. The Hall–Kier alpha value is -0.520. The molecule has 0 amide bonds. The fourth-order valence-electron chi connectivity index (χ4n) is 2.11. The van der Waals surface area contributed by atoms with Crippen molar-refractivity contribution in [3.8, 4) is 12.3 Å². The van der Waals surface area contributed by atoms with Crippen LogP contribution in [0.1, 0.15) is 51.9 Å². The topological polar surface area (TPSA) is 29.5 Å². The molecule has 0 spiro atoms. The van der Waals surface area contributed by atoms with E-state index in [-0.39, 0.29) is 5.92 Å². The molecule has 1 N–H and O–H groups in total. The van der Waals surface area contributed by atoms with Crippen molar-refractivity contribution in [3.63, 3.8) is 0 Å². The van der Waals surface area contributed by atoms with Gasteiger partial charge in [-0.25, -0.2) is 0 Å². The van der Waals surface area contributed by atoms with Crippen molar-refractivity contribution in [3.05, 3.63) is 0 Å². The molecule has 1 saturated heterocycles. The molecule has 0 aromatic heterocycles. The van der Waals surface area contributed by atoms with Crippen molar-refractivity contribution < 1.29 is 9.84 Å². The van der Waals surface area contributed by atoms with E-state index in [2.05, 4.69) is 12.8 Å². The summed E-state index contributed by atoms with van der Waals surface area (Å²) < 4.78 is 5.46. The molecule has 86 valence electrons. The summed E-state index contributed by atoms with van der Waals surface area (Å²) in [5.74, 6) is 1.52. The maximum absolute atomic E-state index is 10.3. The van der Waals surface area contributed by atoms with Crippen LogP contribution in [0.4, 0.5) is 0 Å². The van der Waals surface area contributed by atoms with Gasteiger partial charge in [0.1, 0.15) is 0 Å². The van der Waals surface area contributed by atoms with Crippen LogP contribution >= 0.6 is 0 Å². The molecule has 0 aromatic carbocycles. The lowest BCUT2D eigenvalue weighted by molar-refractivity contribution is -0.246. The third-order valence-corrected chi connectivity index (χ3v) is 3.12. The van der Waals surface area contributed by atoms with E-state index in [9.17, 15) is 5.11 Å². The Bertz CT molecular complexity index is 211. The van der Waals surface area contributed by atoms with Gasteiger partial charge in [-0.2, -0.15) is 0 Å². The monoisotopic (exact) mass is 210 g/mol. The predicted octanol–water partition coefficient (Wildman–Crippen LogP) is 2.71. The molecule has 1 aliphatic rings. The van der Waals surface area contributed by atoms with Crippen LogP contribution in [0.25, 0.3) is 0 Å². The average molecular weight is 210 g/mol. The zero-order valence-corrected chi connectivity index (χ0v) is 9.67. The van der Waals surface area contributed by atoms with Crippen molar-refractivity contribution in [2.75, 3.05) is 6.61 Å². The van der Waals surface area contributed by atoms with Crippen LogP contribution < -0.4 is 0 Å². The second-order valence-electron chi connectivity index (χ2n) is 4.37. The maximum Gasteiger partial charge on any atom is 0.179 e. The van der Waals surface area contributed by atoms with Gasteiger partial charge in [-0.1, -0.05) is 32.1 Å². The molecule has 0 bridgehead atoms. The third kappa shape index (κ3) is 3.52. The normalized spacial score (nSPS) is 28.3. The summed E-state index contributed by atoms with van der Waals surface area (Å²) in [6.45, 7) is 2.80. The molecule has 1 rings (SSSR count). The van der Waals surface area contributed by atoms with Crippen molar-refractivity contribution in [2.24, 2.45) is 5.92 Å². The van der Waals surface area contributed by atoms with E-state index in [1.807, 2.05) is 0 Å². The summed E-state index contributed by atoms with van der Waals surface area (Å²) in [6.07, 6.45) is 12.5. The van der Waals surface area contributed by atoms with E-state index in [4.69, 9.17) is 11.2 Å². The SMILES string of the molecule is C#CC(CCCCC)C1(O)CCCCO1. The number of rotatable bonds is 5. The Labute approximate surface area is 93.0 Å². The van der Waals surface area contributed by atoms with Crippen LogP contribution in [0.2, 0.25) is 0 Å². The molecular weight excluding hydrogens is 188 g/mol. The van der Waals surface area contributed by atoms with Crippen LogP contribution in [0.15, 0.2) is 0 Å². The van der Waals surface area contributed by atoms with Crippen molar-refractivity contribution in [1.29, 1.82) is 0 Å². The summed E-state index contributed by atoms with van der Waals surface area (Å²) in [4.78, 5) is 0. The lowest BCUT2D eigenvalue weighted by Crippen LogP contribution is -2.43. The maximum atomic E-state index is 10.3. The zero-order valence-electron chi connectivity index (χ0n) is 9.67. The summed E-state index contributed by atoms with van der Waals surface area (Å²) in [6, 6.07) is 0. The molecule has 2 heteroatoms. The summed E-state index contributed by atoms with van der Waals surface area (Å²) >= 11 is 0. The number of aliphatic hydroxyl groups is 1. The predicted molar refractivity (Wildman–Crippen MR) is 61.2 cm³/mol.